The zero-order chi connectivity index (χ0) is 14.0. The molecule has 0 spiro atoms. The highest BCUT2D eigenvalue weighted by Crippen LogP contribution is 2.29. The van der Waals surface area contributed by atoms with E-state index < -0.39 is 11.9 Å². The van der Waals surface area contributed by atoms with E-state index in [0.29, 0.717) is 24.2 Å². The number of carbonyl (C=O) groups is 2. The molecule has 1 saturated heterocycles. The van der Waals surface area contributed by atoms with Crippen molar-refractivity contribution in [2.24, 2.45) is 0 Å². The molecule has 19 heavy (non-hydrogen) atoms. The van der Waals surface area contributed by atoms with E-state index in [0.717, 1.165) is 6.42 Å². The maximum atomic E-state index is 13.9. The van der Waals surface area contributed by atoms with Crippen LogP contribution >= 0.6 is 0 Å². The van der Waals surface area contributed by atoms with Crippen LogP contribution in [0.1, 0.15) is 30.1 Å². The van der Waals surface area contributed by atoms with Gasteiger partial charge in [-0.3, -0.25) is 4.79 Å². The van der Waals surface area contributed by atoms with Crippen LogP contribution in [0.4, 0.5) is 10.1 Å². The van der Waals surface area contributed by atoms with Crippen LogP contribution in [0.2, 0.25) is 0 Å². The second-order valence-electron chi connectivity index (χ2n) is 4.60. The third-order valence-corrected chi connectivity index (χ3v) is 3.39. The van der Waals surface area contributed by atoms with E-state index in [2.05, 4.69) is 0 Å². The molecule has 1 heterocycles. The van der Waals surface area contributed by atoms with Crippen molar-refractivity contribution in [3.63, 3.8) is 0 Å². The molecule has 0 amide bonds. The number of anilines is 1. The Bertz CT molecular complexity index is 515. The summed E-state index contributed by atoms with van der Waals surface area (Å²) >= 11 is 0. The first kappa shape index (κ1) is 13.5. The van der Waals surface area contributed by atoms with Crippen LogP contribution in [0, 0.1) is 5.82 Å². The smallest absolute Gasteiger partial charge is 0.328 e. The fraction of sp³-hybridized carbons (Fsp3) is 0.429. The predicted molar refractivity (Wildman–Crippen MR) is 68.8 cm³/mol. The van der Waals surface area contributed by atoms with E-state index in [1.165, 1.54) is 32.2 Å². The normalized spacial score (nSPS) is 18.5. The Hall–Kier alpha value is -1.91. The molecule has 1 aromatic carbocycles. The standard InChI is InChI=1S/C14H16FNO3/c1-9(17)10-5-6-11(15)13(8-10)16-7-3-4-12(16)14(18)19-2/h5-6,8,12H,3-4,7H2,1-2H3. The summed E-state index contributed by atoms with van der Waals surface area (Å²) in [4.78, 5) is 24.7. The van der Waals surface area contributed by atoms with E-state index in [4.69, 9.17) is 4.74 Å². The van der Waals surface area contributed by atoms with Crippen LogP contribution in [-0.4, -0.2) is 31.4 Å². The van der Waals surface area contributed by atoms with Crippen molar-refractivity contribution in [1.29, 1.82) is 0 Å². The fourth-order valence-corrected chi connectivity index (χ4v) is 2.39. The number of hydrogen-bond donors (Lipinski definition) is 0. The Labute approximate surface area is 111 Å². The molecule has 0 N–H and O–H groups in total. The summed E-state index contributed by atoms with van der Waals surface area (Å²) in [5.74, 6) is -0.930. The maximum Gasteiger partial charge on any atom is 0.328 e. The van der Waals surface area contributed by atoms with Crippen molar-refractivity contribution in [3.8, 4) is 0 Å². The number of methoxy groups -OCH3 is 1. The number of benzene rings is 1. The first-order valence-corrected chi connectivity index (χ1v) is 6.19. The summed E-state index contributed by atoms with van der Waals surface area (Å²) < 4.78 is 18.7. The SMILES string of the molecule is COC(=O)C1CCCN1c1cc(C(C)=O)ccc1F. The number of ketones is 1. The number of carbonyl (C=O) groups excluding carboxylic acids is 2. The van der Waals surface area contributed by atoms with Gasteiger partial charge in [-0.05, 0) is 38.0 Å². The number of Topliss-reactive ketones (excluding diaryl/α,β-unsaturated/α-hetero) is 1. The van der Waals surface area contributed by atoms with Gasteiger partial charge in [-0.25, -0.2) is 9.18 Å². The molecule has 1 unspecified atom stereocenters. The van der Waals surface area contributed by atoms with Crippen LogP contribution in [0.15, 0.2) is 18.2 Å². The molecule has 1 aliphatic heterocycles. The Morgan fingerprint density at radius 3 is 2.79 bits per heavy atom. The van der Waals surface area contributed by atoms with Gasteiger partial charge >= 0.3 is 5.97 Å². The molecular formula is C14H16FNO3. The van der Waals surface area contributed by atoms with Crippen molar-refractivity contribution in [2.75, 3.05) is 18.6 Å². The third kappa shape index (κ3) is 2.59. The molecule has 0 aromatic heterocycles. The molecule has 1 atom stereocenters. The van der Waals surface area contributed by atoms with Gasteiger partial charge in [-0.15, -0.1) is 0 Å². The number of esters is 1. The Kier molecular flexibility index (Phi) is 3.83. The molecular weight excluding hydrogens is 249 g/mol. The molecule has 1 aromatic rings. The van der Waals surface area contributed by atoms with Crippen molar-refractivity contribution >= 4 is 17.4 Å². The number of ether oxygens (including phenoxy) is 1. The Balaban J connectivity index is 2.37. The molecule has 1 aliphatic rings. The molecule has 4 nitrogen and oxygen atoms in total. The Morgan fingerprint density at radius 1 is 1.42 bits per heavy atom. The number of halogens is 1. The topological polar surface area (TPSA) is 46.6 Å². The summed E-state index contributed by atoms with van der Waals surface area (Å²) in [6.07, 6.45) is 1.43. The van der Waals surface area contributed by atoms with Gasteiger partial charge in [0.15, 0.2) is 5.78 Å². The molecule has 102 valence electrons. The van der Waals surface area contributed by atoms with Crippen LogP contribution in [0.25, 0.3) is 0 Å². The van der Waals surface area contributed by atoms with Gasteiger partial charge in [0.2, 0.25) is 0 Å². The first-order valence-electron chi connectivity index (χ1n) is 6.19. The van der Waals surface area contributed by atoms with Gasteiger partial charge in [0.25, 0.3) is 0 Å². The van der Waals surface area contributed by atoms with Crippen molar-refractivity contribution in [2.45, 2.75) is 25.8 Å². The van der Waals surface area contributed by atoms with E-state index in [1.54, 1.807) is 4.90 Å². The number of rotatable bonds is 3. The largest absolute Gasteiger partial charge is 0.467 e. The molecule has 1 fully saturated rings. The van der Waals surface area contributed by atoms with Crippen LogP contribution < -0.4 is 4.90 Å². The lowest BCUT2D eigenvalue weighted by atomic mass is 10.1. The summed E-state index contributed by atoms with van der Waals surface area (Å²) in [5, 5.41) is 0. The fourth-order valence-electron chi connectivity index (χ4n) is 2.39. The molecule has 0 bridgehead atoms. The van der Waals surface area contributed by atoms with Crippen molar-refractivity contribution < 1.29 is 18.7 Å². The lowest BCUT2D eigenvalue weighted by Gasteiger charge is -2.25. The monoisotopic (exact) mass is 265 g/mol. The summed E-state index contributed by atoms with van der Waals surface area (Å²) in [6.45, 7) is 2.01. The first-order chi connectivity index (χ1) is 9.04. The van der Waals surface area contributed by atoms with Gasteiger partial charge < -0.3 is 9.64 Å². The van der Waals surface area contributed by atoms with Crippen LogP contribution in [0.3, 0.4) is 0 Å². The molecule has 0 aliphatic carbocycles. The highest BCUT2D eigenvalue weighted by atomic mass is 19.1. The zero-order valence-corrected chi connectivity index (χ0v) is 11.0. The Morgan fingerprint density at radius 2 is 2.16 bits per heavy atom. The second-order valence-corrected chi connectivity index (χ2v) is 4.60. The maximum absolute atomic E-state index is 13.9. The van der Waals surface area contributed by atoms with E-state index in [9.17, 15) is 14.0 Å². The third-order valence-electron chi connectivity index (χ3n) is 3.39. The summed E-state index contributed by atoms with van der Waals surface area (Å²) in [5.41, 5.74) is 0.729. The zero-order valence-electron chi connectivity index (χ0n) is 11.0. The molecule has 0 radical (unpaired) electrons. The van der Waals surface area contributed by atoms with E-state index in [1.807, 2.05) is 0 Å². The highest BCUT2D eigenvalue weighted by molar-refractivity contribution is 5.95. The lowest BCUT2D eigenvalue weighted by molar-refractivity contribution is -0.141. The minimum atomic E-state index is -0.471. The summed E-state index contributed by atoms with van der Waals surface area (Å²) in [7, 11) is 1.32. The molecule has 0 saturated carbocycles. The highest BCUT2D eigenvalue weighted by Gasteiger charge is 2.33. The van der Waals surface area contributed by atoms with Gasteiger partial charge in [-0.2, -0.15) is 0 Å². The quantitative estimate of drug-likeness (QED) is 0.620. The lowest BCUT2D eigenvalue weighted by Crippen LogP contribution is -2.37. The van der Waals surface area contributed by atoms with Gasteiger partial charge in [0, 0.05) is 12.1 Å². The average molecular weight is 265 g/mol. The van der Waals surface area contributed by atoms with Crippen molar-refractivity contribution in [1.82, 2.24) is 0 Å². The van der Waals surface area contributed by atoms with Crippen molar-refractivity contribution in [3.05, 3.63) is 29.6 Å². The molecule has 5 heteroatoms. The van der Waals surface area contributed by atoms with Gasteiger partial charge in [-0.1, -0.05) is 0 Å². The predicted octanol–water partition coefficient (Wildman–Crippen LogP) is 2.17. The minimum Gasteiger partial charge on any atom is -0.467 e. The van der Waals surface area contributed by atoms with Crippen LogP contribution in [0.5, 0.6) is 0 Å². The van der Waals surface area contributed by atoms with Gasteiger partial charge in [0.05, 0.1) is 12.8 Å². The molecule has 2 rings (SSSR count). The summed E-state index contributed by atoms with van der Waals surface area (Å²) in [6, 6.07) is 3.74. The minimum absolute atomic E-state index is 0.130. The number of hydrogen-bond acceptors (Lipinski definition) is 4. The van der Waals surface area contributed by atoms with E-state index in [-0.39, 0.29) is 11.8 Å². The second kappa shape index (κ2) is 5.38. The van der Waals surface area contributed by atoms with Gasteiger partial charge in [0.1, 0.15) is 11.9 Å². The average Bonchev–Trinajstić information content (AvgIpc) is 2.87. The van der Waals surface area contributed by atoms with Crippen LogP contribution in [-0.2, 0) is 9.53 Å². The number of nitrogens with zero attached hydrogens (tertiary/aromatic N) is 1. The van der Waals surface area contributed by atoms with E-state index >= 15 is 0 Å².